The van der Waals surface area contributed by atoms with Crippen molar-refractivity contribution in [2.45, 2.75) is 25.9 Å². The Kier molecular flexibility index (Phi) is 6.02. The Labute approximate surface area is 126 Å². The Morgan fingerprint density at radius 2 is 2.14 bits per heavy atom. The molecule has 2 atom stereocenters. The van der Waals surface area contributed by atoms with Crippen LogP contribution in [0.2, 0.25) is 0 Å². The van der Waals surface area contributed by atoms with E-state index in [1.807, 2.05) is 30.3 Å². The summed E-state index contributed by atoms with van der Waals surface area (Å²) in [6.07, 6.45) is 0. The van der Waals surface area contributed by atoms with Crippen molar-refractivity contribution in [3.8, 4) is 5.75 Å². The van der Waals surface area contributed by atoms with Crippen molar-refractivity contribution in [2.75, 3.05) is 32.8 Å². The van der Waals surface area contributed by atoms with E-state index in [0.29, 0.717) is 31.8 Å². The lowest BCUT2D eigenvalue weighted by molar-refractivity contribution is -0.123. The number of carbonyl (C=O) groups is 1. The van der Waals surface area contributed by atoms with Crippen LogP contribution in [0.5, 0.6) is 5.75 Å². The summed E-state index contributed by atoms with van der Waals surface area (Å²) >= 11 is 0. The fraction of sp³-hybridized carbons (Fsp3) is 0.562. The second-order valence-corrected chi connectivity index (χ2v) is 5.60. The summed E-state index contributed by atoms with van der Waals surface area (Å²) in [5, 5.41) is 6.32. The first-order valence-electron chi connectivity index (χ1n) is 7.57. The standard InChI is InChI=1S/C16H25N3O2/c1-13-11-19(14(2)10-18-13)12-16(20)17-8-9-21-15-6-4-3-5-7-15/h3-7,13-14,18H,8-12H2,1-2H3,(H,17,20). The van der Waals surface area contributed by atoms with Crippen molar-refractivity contribution in [3.63, 3.8) is 0 Å². The van der Waals surface area contributed by atoms with Crippen molar-refractivity contribution in [1.29, 1.82) is 0 Å². The number of carbonyl (C=O) groups excluding carboxylic acids is 1. The second-order valence-electron chi connectivity index (χ2n) is 5.60. The van der Waals surface area contributed by atoms with E-state index in [0.717, 1.165) is 18.8 Å². The summed E-state index contributed by atoms with van der Waals surface area (Å²) in [5.74, 6) is 0.893. The molecule has 0 aromatic heterocycles. The molecule has 0 radical (unpaired) electrons. The van der Waals surface area contributed by atoms with Gasteiger partial charge >= 0.3 is 0 Å². The zero-order chi connectivity index (χ0) is 15.1. The Morgan fingerprint density at radius 1 is 1.38 bits per heavy atom. The van der Waals surface area contributed by atoms with Crippen LogP contribution in [0, 0.1) is 0 Å². The molecule has 1 aliphatic rings. The van der Waals surface area contributed by atoms with Gasteiger partial charge in [-0.2, -0.15) is 0 Å². The van der Waals surface area contributed by atoms with Crippen LogP contribution in [0.4, 0.5) is 0 Å². The third kappa shape index (κ3) is 5.36. The van der Waals surface area contributed by atoms with E-state index >= 15 is 0 Å². The SMILES string of the molecule is CC1CN(CC(=O)NCCOc2ccccc2)C(C)CN1. The van der Waals surface area contributed by atoms with E-state index < -0.39 is 0 Å². The first-order chi connectivity index (χ1) is 10.1. The number of hydrogen-bond donors (Lipinski definition) is 2. The number of benzene rings is 1. The topological polar surface area (TPSA) is 53.6 Å². The molecule has 1 saturated heterocycles. The maximum atomic E-state index is 11.9. The smallest absolute Gasteiger partial charge is 0.234 e. The predicted octanol–water partition coefficient (Wildman–Crippen LogP) is 0.864. The quantitative estimate of drug-likeness (QED) is 0.764. The van der Waals surface area contributed by atoms with Gasteiger partial charge in [-0.25, -0.2) is 0 Å². The largest absolute Gasteiger partial charge is 0.492 e. The average Bonchev–Trinajstić information content (AvgIpc) is 2.48. The van der Waals surface area contributed by atoms with Gasteiger partial charge in [-0.3, -0.25) is 9.69 Å². The monoisotopic (exact) mass is 291 g/mol. The van der Waals surface area contributed by atoms with Crippen LogP contribution < -0.4 is 15.4 Å². The molecule has 1 aromatic rings. The van der Waals surface area contributed by atoms with Crippen molar-refractivity contribution < 1.29 is 9.53 Å². The highest BCUT2D eigenvalue weighted by Gasteiger charge is 2.23. The second kappa shape index (κ2) is 8.00. The fourth-order valence-electron chi connectivity index (χ4n) is 2.43. The number of rotatable bonds is 6. The minimum absolute atomic E-state index is 0.0626. The summed E-state index contributed by atoms with van der Waals surface area (Å²) in [6.45, 7) is 7.61. The molecule has 1 heterocycles. The van der Waals surface area contributed by atoms with Gasteiger partial charge in [0.2, 0.25) is 5.91 Å². The first kappa shape index (κ1) is 15.8. The number of hydrogen-bond acceptors (Lipinski definition) is 4. The molecule has 0 spiro atoms. The molecular formula is C16H25N3O2. The van der Waals surface area contributed by atoms with Gasteiger partial charge < -0.3 is 15.4 Å². The van der Waals surface area contributed by atoms with Crippen molar-refractivity contribution in [2.24, 2.45) is 0 Å². The third-order valence-electron chi connectivity index (χ3n) is 3.68. The molecule has 5 nitrogen and oxygen atoms in total. The summed E-state index contributed by atoms with van der Waals surface area (Å²) in [7, 11) is 0. The van der Waals surface area contributed by atoms with Crippen LogP contribution in [0.15, 0.2) is 30.3 Å². The third-order valence-corrected chi connectivity index (χ3v) is 3.68. The van der Waals surface area contributed by atoms with E-state index in [1.165, 1.54) is 0 Å². The number of nitrogens with one attached hydrogen (secondary N) is 2. The van der Waals surface area contributed by atoms with E-state index in [9.17, 15) is 4.79 Å². The summed E-state index contributed by atoms with van der Waals surface area (Å²) in [5.41, 5.74) is 0. The van der Waals surface area contributed by atoms with Gasteiger partial charge in [0, 0.05) is 25.2 Å². The van der Waals surface area contributed by atoms with E-state index in [4.69, 9.17) is 4.74 Å². The predicted molar refractivity (Wildman–Crippen MR) is 83.4 cm³/mol. The molecule has 0 bridgehead atoms. The van der Waals surface area contributed by atoms with Crippen LogP contribution in [0.1, 0.15) is 13.8 Å². The van der Waals surface area contributed by atoms with Crippen molar-refractivity contribution >= 4 is 5.91 Å². The molecule has 2 N–H and O–H groups in total. The van der Waals surface area contributed by atoms with Crippen LogP contribution in [0.3, 0.4) is 0 Å². The molecule has 21 heavy (non-hydrogen) atoms. The zero-order valence-electron chi connectivity index (χ0n) is 12.8. The average molecular weight is 291 g/mol. The molecule has 1 amide bonds. The van der Waals surface area contributed by atoms with Gasteiger partial charge in [-0.1, -0.05) is 18.2 Å². The highest BCUT2D eigenvalue weighted by atomic mass is 16.5. The van der Waals surface area contributed by atoms with E-state index in [-0.39, 0.29) is 5.91 Å². The van der Waals surface area contributed by atoms with E-state index in [2.05, 4.69) is 29.4 Å². The Balaban J connectivity index is 1.63. The lowest BCUT2D eigenvalue weighted by Crippen LogP contribution is -2.56. The summed E-state index contributed by atoms with van der Waals surface area (Å²) in [4.78, 5) is 14.2. The molecule has 1 aliphatic heterocycles. The fourth-order valence-corrected chi connectivity index (χ4v) is 2.43. The lowest BCUT2D eigenvalue weighted by atomic mass is 10.1. The molecular weight excluding hydrogens is 266 g/mol. The number of piperazine rings is 1. The van der Waals surface area contributed by atoms with Crippen LogP contribution in [0.25, 0.3) is 0 Å². The minimum Gasteiger partial charge on any atom is -0.492 e. The number of nitrogens with zero attached hydrogens (tertiary/aromatic N) is 1. The van der Waals surface area contributed by atoms with Crippen LogP contribution >= 0.6 is 0 Å². The summed E-state index contributed by atoms with van der Waals surface area (Å²) < 4.78 is 5.55. The zero-order valence-corrected chi connectivity index (χ0v) is 12.8. The van der Waals surface area contributed by atoms with Gasteiger partial charge in [0.1, 0.15) is 12.4 Å². The molecule has 0 aliphatic carbocycles. The van der Waals surface area contributed by atoms with Gasteiger partial charge in [-0.15, -0.1) is 0 Å². The van der Waals surface area contributed by atoms with Crippen molar-refractivity contribution in [3.05, 3.63) is 30.3 Å². The molecule has 2 rings (SSSR count). The van der Waals surface area contributed by atoms with Gasteiger partial charge in [0.05, 0.1) is 13.1 Å². The molecule has 5 heteroatoms. The Bertz CT molecular complexity index is 438. The highest BCUT2D eigenvalue weighted by molar-refractivity contribution is 5.78. The highest BCUT2D eigenvalue weighted by Crippen LogP contribution is 2.07. The van der Waals surface area contributed by atoms with E-state index in [1.54, 1.807) is 0 Å². The van der Waals surface area contributed by atoms with Gasteiger partial charge in [0.25, 0.3) is 0 Å². The maximum Gasteiger partial charge on any atom is 0.234 e. The van der Waals surface area contributed by atoms with Gasteiger partial charge in [0.15, 0.2) is 0 Å². The normalized spacial score (nSPS) is 22.8. The molecule has 116 valence electrons. The molecule has 1 fully saturated rings. The maximum absolute atomic E-state index is 11.9. The van der Waals surface area contributed by atoms with Gasteiger partial charge in [-0.05, 0) is 26.0 Å². The number of ether oxygens (including phenoxy) is 1. The minimum atomic E-state index is 0.0626. The molecule has 2 unspecified atom stereocenters. The lowest BCUT2D eigenvalue weighted by Gasteiger charge is -2.36. The van der Waals surface area contributed by atoms with Crippen LogP contribution in [-0.4, -0.2) is 55.7 Å². The van der Waals surface area contributed by atoms with Crippen molar-refractivity contribution in [1.82, 2.24) is 15.5 Å². The molecule has 0 saturated carbocycles. The Morgan fingerprint density at radius 3 is 2.90 bits per heavy atom. The Hall–Kier alpha value is -1.59. The number of amides is 1. The first-order valence-corrected chi connectivity index (χ1v) is 7.57. The summed E-state index contributed by atoms with van der Waals surface area (Å²) in [6, 6.07) is 10.5. The molecule has 1 aromatic carbocycles. The van der Waals surface area contributed by atoms with Crippen LogP contribution in [-0.2, 0) is 4.79 Å². The number of para-hydroxylation sites is 1.